The van der Waals surface area contributed by atoms with Gasteiger partial charge in [-0.2, -0.15) is 43.3 Å². The van der Waals surface area contributed by atoms with Crippen molar-refractivity contribution in [2.75, 3.05) is 0 Å². The molecule has 0 saturated heterocycles. The molecule has 1 aromatic rings. The second kappa shape index (κ2) is 10.8. The van der Waals surface area contributed by atoms with Gasteiger partial charge in [0, 0.05) is 0 Å². The van der Waals surface area contributed by atoms with Crippen molar-refractivity contribution in [3.05, 3.63) is 43.3 Å². The first kappa shape index (κ1) is 11.7. The van der Waals surface area contributed by atoms with Crippen LogP contribution < -0.4 is 0 Å². The van der Waals surface area contributed by atoms with Gasteiger partial charge in [-0.1, -0.05) is 0 Å². The van der Waals surface area contributed by atoms with Gasteiger partial charge < -0.3 is 6.92 Å². The summed E-state index contributed by atoms with van der Waals surface area (Å²) in [5.41, 5.74) is 0. The Hall–Kier alpha value is -0.0657. The van der Waals surface area contributed by atoms with E-state index in [2.05, 4.69) is 13.0 Å². The molecule has 1 aromatic carbocycles. The summed E-state index contributed by atoms with van der Waals surface area (Å²) in [6, 6.07) is 12.5. The average molecular weight is 154 g/mol. The Kier molecular flexibility index (Phi) is 14.1. The fourth-order valence-electron chi connectivity index (χ4n) is 0.342. The van der Waals surface area contributed by atoms with Gasteiger partial charge in [-0.05, 0) is 0 Å². The van der Waals surface area contributed by atoms with E-state index >= 15 is 0 Å². The van der Waals surface area contributed by atoms with Crippen molar-refractivity contribution in [2.24, 2.45) is 0 Å². The minimum absolute atomic E-state index is 0. The SMILES string of the molecule is [CH2-]C.[Ti+2].[c-]1ccccc1. The number of hydrogen-bond donors (Lipinski definition) is 0. The Labute approximate surface area is 72.2 Å². The van der Waals surface area contributed by atoms with Gasteiger partial charge >= 0.3 is 21.7 Å². The summed E-state index contributed by atoms with van der Waals surface area (Å²) in [6.07, 6.45) is 0. The van der Waals surface area contributed by atoms with E-state index in [1.54, 1.807) is 6.92 Å². The molecule has 0 radical (unpaired) electrons. The van der Waals surface area contributed by atoms with E-state index < -0.39 is 0 Å². The van der Waals surface area contributed by atoms with E-state index in [1.807, 2.05) is 30.3 Å². The molecule has 0 nitrogen and oxygen atoms in total. The van der Waals surface area contributed by atoms with Crippen LogP contribution in [0.4, 0.5) is 0 Å². The van der Waals surface area contributed by atoms with Crippen molar-refractivity contribution in [1.82, 2.24) is 0 Å². The minimum atomic E-state index is 0. The van der Waals surface area contributed by atoms with Gasteiger partial charge in [0.15, 0.2) is 0 Å². The topological polar surface area (TPSA) is 0 Å². The van der Waals surface area contributed by atoms with Crippen LogP contribution in [0.5, 0.6) is 0 Å². The van der Waals surface area contributed by atoms with Crippen LogP contribution in [0.1, 0.15) is 6.92 Å². The van der Waals surface area contributed by atoms with Crippen LogP contribution in [-0.4, -0.2) is 0 Å². The summed E-state index contributed by atoms with van der Waals surface area (Å²) in [5, 5.41) is 0. The van der Waals surface area contributed by atoms with Crippen molar-refractivity contribution in [3.63, 3.8) is 0 Å². The van der Waals surface area contributed by atoms with Gasteiger partial charge in [-0.3, -0.25) is 0 Å². The van der Waals surface area contributed by atoms with E-state index in [0.717, 1.165) is 0 Å². The maximum absolute atomic E-state index is 3.25. The largest absolute Gasteiger partial charge is 2.00 e. The summed E-state index contributed by atoms with van der Waals surface area (Å²) in [6.45, 7) is 5.00. The second-order valence-corrected chi connectivity index (χ2v) is 1.08. The first-order valence-corrected chi connectivity index (χ1v) is 2.62. The van der Waals surface area contributed by atoms with E-state index in [1.165, 1.54) is 0 Å². The van der Waals surface area contributed by atoms with Crippen molar-refractivity contribution in [1.29, 1.82) is 0 Å². The normalized spacial score (nSPS) is 6.00. The third-order valence-electron chi connectivity index (χ3n) is 0.607. The van der Waals surface area contributed by atoms with Crippen LogP contribution in [0.25, 0.3) is 0 Å². The Bertz CT molecular complexity index is 76.5. The van der Waals surface area contributed by atoms with Crippen LogP contribution in [0, 0.1) is 13.0 Å². The molecule has 9 heavy (non-hydrogen) atoms. The van der Waals surface area contributed by atoms with Gasteiger partial charge in [0.1, 0.15) is 0 Å². The second-order valence-electron chi connectivity index (χ2n) is 1.08. The zero-order chi connectivity index (χ0) is 6.24. The first-order chi connectivity index (χ1) is 4.00. The maximum atomic E-state index is 3.25. The van der Waals surface area contributed by atoms with Gasteiger partial charge in [0.2, 0.25) is 0 Å². The van der Waals surface area contributed by atoms with Crippen molar-refractivity contribution in [2.45, 2.75) is 6.92 Å². The molecule has 0 amide bonds. The molecular weight excluding hydrogens is 144 g/mol. The van der Waals surface area contributed by atoms with Crippen molar-refractivity contribution in [3.8, 4) is 0 Å². The predicted octanol–water partition coefficient (Wildman–Crippen LogP) is 2.32. The number of rotatable bonds is 0. The molecule has 0 aliphatic heterocycles. The van der Waals surface area contributed by atoms with Crippen LogP contribution in [-0.2, 0) is 21.7 Å². The van der Waals surface area contributed by atoms with E-state index in [0.29, 0.717) is 0 Å². The van der Waals surface area contributed by atoms with Gasteiger partial charge in [-0.15, -0.1) is 0 Å². The van der Waals surface area contributed by atoms with E-state index in [-0.39, 0.29) is 21.7 Å². The Morgan fingerprint density at radius 3 is 1.56 bits per heavy atom. The molecule has 0 aliphatic carbocycles. The van der Waals surface area contributed by atoms with E-state index in [9.17, 15) is 0 Å². The molecule has 0 spiro atoms. The molecule has 1 rings (SSSR count). The molecule has 46 valence electrons. The third kappa shape index (κ3) is 7.93. The molecule has 0 N–H and O–H groups in total. The Morgan fingerprint density at radius 1 is 1.00 bits per heavy atom. The van der Waals surface area contributed by atoms with Crippen molar-refractivity contribution >= 4 is 0 Å². The quantitative estimate of drug-likeness (QED) is 0.397. The predicted molar refractivity (Wildman–Crippen MR) is 36.3 cm³/mol. The molecule has 0 fully saturated rings. The standard InChI is InChI=1S/C6H5.C2H5.Ti/c1-2-4-6-5-3-1;1-2;/h1-5H;1H2,2H3;/q2*-1;+2. The molecule has 1 heteroatoms. The van der Waals surface area contributed by atoms with E-state index in [4.69, 9.17) is 0 Å². The van der Waals surface area contributed by atoms with Gasteiger partial charge in [-0.25, -0.2) is 0 Å². The average Bonchev–Trinajstić information content (AvgIpc) is 1.96. The Balaban J connectivity index is 0. The summed E-state index contributed by atoms with van der Waals surface area (Å²) in [7, 11) is 0. The molecule has 0 bridgehead atoms. The number of benzene rings is 1. The van der Waals surface area contributed by atoms with Crippen LogP contribution >= 0.6 is 0 Å². The monoisotopic (exact) mass is 154 g/mol. The zero-order valence-corrected chi connectivity index (χ0v) is 7.16. The summed E-state index contributed by atoms with van der Waals surface area (Å²) >= 11 is 0. The molecule has 0 unspecified atom stereocenters. The fraction of sp³-hybridized carbons (Fsp3) is 0.125. The smallest absolute Gasteiger partial charge is 0.346 e. The summed E-state index contributed by atoms with van der Waals surface area (Å²) in [4.78, 5) is 0. The minimum Gasteiger partial charge on any atom is -0.346 e. The van der Waals surface area contributed by atoms with Crippen LogP contribution in [0.15, 0.2) is 30.3 Å². The Morgan fingerprint density at radius 2 is 1.44 bits per heavy atom. The summed E-state index contributed by atoms with van der Waals surface area (Å²) in [5.74, 6) is 0. The maximum Gasteiger partial charge on any atom is 2.00 e. The molecule has 0 aliphatic rings. The molecule has 0 aromatic heterocycles. The first-order valence-electron chi connectivity index (χ1n) is 2.62. The third-order valence-corrected chi connectivity index (χ3v) is 0.607. The summed E-state index contributed by atoms with van der Waals surface area (Å²) < 4.78 is 0. The zero-order valence-electron chi connectivity index (χ0n) is 5.59. The van der Waals surface area contributed by atoms with Crippen LogP contribution in [0.3, 0.4) is 0 Å². The van der Waals surface area contributed by atoms with Crippen LogP contribution in [0.2, 0.25) is 0 Å². The molecular formula is C8H10Ti. The fourth-order valence-corrected chi connectivity index (χ4v) is 0.342. The van der Waals surface area contributed by atoms with Gasteiger partial charge in [0.25, 0.3) is 0 Å². The van der Waals surface area contributed by atoms with Gasteiger partial charge in [0.05, 0.1) is 0 Å². The molecule has 0 atom stereocenters. The molecule has 0 saturated carbocycles. The molecule has 0 heterocycles. The van der Waals surface area contributed by atoms with Crippen molar-refractivity contribution < 1.29 is 21.7 Å². The number of hydrogen-bond acceptors (Lipinski definition) is 0.